The topological polar surface area (TPSA) is 60.2 Å². The number of aromatic nitrogens is 1. The second-order valence-corrected chi connectivity index (χ2v) is 4.33. The Morgan fingerprint density at radius 2 is 2.21 bits per heavy atom. The second kappa shape index (κ2) is 6.41. The molecule has 0 aliphatic carbocycles. The highest BCUT2D eigenvalue weighted by Crippen LogP contribution is 2.26. The van der Waals surface area contributed by atoms with Crippen LogP contribution in [0.5, 0.6) is 5.75 Å². The molecule has 100 valence electrons. The SMILES string of the molecule is CCOc1ccc(Nc2ncccc2Cl)cc1CN. The summed E-state index contributed by atoms with van der Waals surface area (Å²) in [7, 11) is 0. The summed E-state index contributed by atoms with van der Waals surface area (Å²) in [6.45, 7) is 2.98. The Bertz CT molecular complexity index is 560. The van der Waals surface area contributed by atoms with Gasteiger partial charge < -0.3 is 15.8 Å². The van der Waals surface area contributed by atoms with E-state index < -0.39 is 0 Å². The molecule has 0 bridgehead atoms. The maximum Gasteiger partial charge on any atom is 0.149 e. The van der Waals surface area contributed by atoms with Crippen LogP contribution < -0.4 is 15.8 Å². The molecule has 0 atom stereocenters. The third-order valence-electron chi connectivity index (χ3n) is 2.60. The van der Waals surface area contributed by atoms with Crippen LogP contribution in [0, 0.1) is 0 Å². The van der Waals surface area contributed by atoms with Crippen molar-refractivity contribution in [2.24, 2.45) is 5.73 Å². The van der Waals surface area contributed by atoms with Crippen molar-refractivity contribution in [3.8, 4) is 5.75 Å². The Morgan fingerprint density at radius 1 is 1.37 bits per heavy atom. The van der Waals surface area contributed by atoms with Crippen molar-refractivity contribution in [2.75, 3.05) is 11.9 Å². The Morgan fingerprint density at radius 3 is 2.89 bits per heavy atom. The van der Waals surface area contributed by atoms with Crippen LogP contribution >= 0.6 is 11.6 Å². The van der Waals surface area contributed by atoms with Crippen LogP contribution in [0.1, 0.15) is 12.5 Å². The minimum atomic E-state index is 0.417. The maximum absolute atomic E-state index is 6.05. The molecule has 0 unspecified atom stereocenters. The number of halogens is 1. The quantitative estimate of drug-likeness (QED) is 0.880. The lowest BCUT2D eigenvalue weighted by molar-refractivity contribution is 0.336. The predicted octanol–water partition coefficient (Wildman–Crippen LogP) is 3.34. The van der Waals surface area contributed by atoms with Crippen LogP contribution in [0.15, 0.2) is 36.5 Å². The van der Waals surface area contributed by atoms with Crippen molar-refractivity contribution in [2.45, 2.75) is 13.5 Å². The molecule has 5 heteroatoms. The highest BCUT2D eigenvalue weighted by Gasteiger charge is 2.05. The smallest absolute Gasteiger partial charge is 0.149 e. The van der Waals surface area contributed by atoms with E-state index >= 15 is 0 Å². The molecule has 1 heterocycles. The lowest BCUT2D eigenvalue weighted by Crippen LogP contribution is -2.03. The lowest BCUT2D eigenvalue weighted by atomic mass is 10.1. The largest absolute Gasteiger partial charge is 0.494 e. The summed E-state index contributed by atoms with van der Waals surface area (Å²) in [6.07, 6.45) is 1.69. The van der Waals surface area contributed by atoms with E-state index in [1.54, 1.807) is 18.3 Å². The molecule has 2 aromatic rings. The molecule has 3 N–H and O–H groups in total. The Kier molecular flexibility index (Phi) is 4.60. The van der Waals surface area contributed by atoms with Gasteiger partial charge in [0.05, 0.1) is 11.6 Å². The number of benzene rings is 1. The molecule has 0 saturated heterocycles. The van der Waals surface area contributed by atoms with Crippen molar-refractivity contribution in [1.29, 1.82) is 0 Å². The van der Waals surface area contributed by atoms with Gasteiger partial charge in [-0.1, -0.05) is 11.6 Å². The van der Waals surface area contributed by atoms with E-state index in [0.717, 1.165) is 17.0 Å². The Hall–Kier alpha value is -1.78. The van der Waals surface area contributed by atoms with Crippen molar-refractivity contribution in [3.63, 3.8) is 0 Å². The number of pyridine rings is 1. The summed E-state index contributed by atoms with van der Waals surface area (Å²) in [6, 6.07) is 9.32. The molecular weight excluding hydrogens is 262 g/mol. The molecule has 4 nitrogen and oxygen atoms in total. The molecule has 1 aromatic carbocycles. The van der Waals surface area contributed by atoms with Crippen LogP contribution in [0.4, 0.5) is 11.5 Å². The fourth-order valence-corrected chi connectivity index (χ4v) is 1.90. The second-order valence-electron chi connectivity index (χ2n) is 3.92. The first-order valence-electron chi connectivity index (χ1n) is 6.08. The maximum atomic E-state index is 6.05. The molecule has 2 rings (SSSR count). The van der Waals surface area contributed by atoms with E-state index in [4.69, 9.17) is 22.1 Å². The zero-order chi connectivity index (χ0) is 13.7. The van der Waals surface area contributed by atoms with E-state index in [1.165, 1.54) is 0 Å². The third-order valence-corrected chi connectivity index (χ3v) is 2.91. The van der Waals surface area contributed by atoms with Gasteiger partial charge in [0.15, 0.2) is 0 Å². The van der Waals surface area contributed by atoms with Crippen molar-refractivity contribution >= 4 is 23.1 Å². The van der Waals surface area contributed by atoms with Gasteiger partial charge in [0.25, 0.3) is 0 Å². The van der Waals surface area contributed by atoms with E-state index in [9.17, 15) is 0 Å². The zero-order valence-electron chi connectivity index (χ0n) is 10.7. The molecule has 19 heavy (non-hydrogen) atoms. The molecule has 0 spiro atoms. The summed E-state index contributed by atoms with van der Waals surface area (Å²) in [5.41, 5.74) is 7.55. The lowest BCUT2D eigenvalue weighted by Gasteiger charge is -2.12. The summed E-state index contributed by atoms with van der Waals surface area (Å²) in [5.74, 6) is 1.43. The minimum Gasteiger partial charge on any atom is -0.494 e. The van der Waals surface area contributed by atoms with Gasteiger partial charge in [0.2, 0.25) is 0 Å². The Balaban J connectivity index is 2.24. The van der Waals surface area contributed by atoms with Gasteiger partial charge in [-0.05, 0) is 37.3 Å². The number of ether oxygens (including phenoxy) is 1. The first-order valence-corrected chi connectivity index (χ1v) is 6.45. The van der Waals surface area contributed by atoms with Crippen molar-refractivity contribution in [1.82, 2.24) is 4.98 Å². The molecular formula is C14H16ClN3O. The standard InChI is InChI=1S/C14H16ClN3O/c1-2-19-13-6-5-11(8-10(13)9-16)18-14-12(15)4-3-7-17-14/h3-8H,2,9,16H2,1H3,(H,17,18). The van der Waals surface area contributed by atoms with Gasteiger partial charge in [-0.25, -0.2) is 4.98 Å². The van der Waals surface area contributed by atoms with E-state index in [-0.39, 0.29) is 0 Å². The summed E-state index contributed by atoms with van der Waals surface area (Å²) >= 11 is 6.05. The number of hydrogen-bond acceptors (Lipinski definition) is 4. The molecule has 0 amide bonds. The highest BCUT2D eigenvalue weighted by atomic mass is 35.5. The fourth-order valence-electron chi connectivity index (χ4n) is 1.73. The molecule has 0 aliphatic rings. The number of rotatable bonds is 5. The van der Waals surface area contributed by atoms with Crippen LogP contribution in [-0.4, -0.2) is 11.6 Å². The van der Waals surface area contributed by atoms with Crippen LogP contribution in [0.2, 0.25) is 5.02 Å². The molecule has 0 aliphatic heterocycles. The summed E-state index contributed by atoms with van der Waals surface area (Å²) in [5, 5.41) is 3.74. The average Bonchev–Trinajstić information content (AvgIpc) is 2.43. The normalized spacial score (nSPS) is 10.3. The average molecular weight is 278 g/mol. The molecule has 0 fully saturated rings. The molecule has 1 aromatic heterocycles. The number of nitrogens with two attached hydrogens (primary N) is 1. The van der Waals surface area contributed by atoms with Gasteiger partial charge in [-0.15, -0.1) is 0 Å². The number of hydrogen-bond donors (Lipinski definition) is 2. The monoisotopic (exact) mass is 277 g/mol. The fraction of sp³-hybridized carbons (Fsp3) is 0.214. The molecule has 0 radical (unpaired) electrons. The Labute approximate surface area is 117 Å². The van der Waals surface area contributed by atoms with Gasteiger partial charge in [-0.2, -0.15) is 0 Å². The van der Waals surface area contributed by atoms with E-state index in [1.807, 2.05) is 25.1 Å². The first-order chi connectivity index (χ1) is 9.24. The van der Waals surface area contributed by atoms with Crippen LogP contribution in [-0.2, 0) is 6.54 Å². The zero-order valence-corrected chi connectivity index (χ0v) is 11.4. The number of anilines is 2. The highest BCUT2D eigenvalue weighted by molar-refractivity contribution is 6.33. The summed E-state index contributed by atoms with van der Waals surface area (Å²) in [4.78, 5) is 4.18. The van der Waals surface area contributed by atoms with Gasteiger partial charge >= 0.3 is 0 Å². The first kappa shape index (κ1) is 13.6. The summed E-state index contributed by atoms with van der Waals surface area (Å²) < 4.78 is 5.51. The van der Waals surface area contributed by atoms with Gasteiger partial charge in [0.1, 0.15) is 11.6 Å². The van der Waals surface area contributed by atoms with Crippen molar-refractivity contribution in [3.05, 3.63) is 47.1 Å². The number of nitrogens with one attached hydrogen (secondary N) is 1. The third kappa shape index (κ3) is 3.36. The molecule has 0 saturated carbocycles. The van der Waals surface area contributed by atoms with E-state index in [2.05, 4.69) is 10.3 Å². The van der Waals surface area contributed by atoms with Gasteiger partial charge in [0, 0.05) is 24.0 Å². The van der Waals surface area contributed by atoms with E-state index in [0.29, 0.717) is 24.0 Å². The van der Waals surface area contributed by atoms with Crippen molar-refractivity contribution < 1.29 is 4.74 Å². The van der Waals surface area contributed by atoms with Crippen LogP contribution in [0.3, 0.4) is 0 Å². The van der Waals surface area contributed by atoms with Crippen LogP contribution in [0.25, 0.3) is 0 Å². The minimum absolute atomic E-state index is 0.417. The number of nitrogens with zero attached hydrogens (tertiary/aromatic N) is 1. The van der Waals surface area contributed by atoms with Gasteiger partial charge in [-0.3, -0.25) is 0 Å². The predicted molar refractivity (Wildman–Crippen MR) is 78.0 cm³/mol.